The molecule has 0 spiro atoms. The average molecular weight is 812 g/mol. The van der Waals surface area contributed by atoms with Gasteiger partial charge in [-0.05, 0) is 68.4 Å². The van der Waals surface area contributed by atoms with Crippen molar-refractivity contribution in [3.63, 3.8) is 0 Å². The van der Waals surface area contributed by atoms with Gasteiger partial charge in [0, 0.05) is 58.7 Å². The summed E-state index contributed by atoms with van der Waals surface area (Å²) in [4.78, 5) is 16.1. The molecule has 0 bridgehead atoms. The molecule has 10 aromatic carbocycles. The Morgan fingerprint density at radius 3 is 1.61 bits per heavy atom. The van der Waals surface area contributed by atoms with Crippen LogP contribution < -0.4 is 0 Å². The van der Waals surface area contributed by atoms with E-state index < -0.39 is 6.04 Å². The van der Waals surface area contributed by atoms with Crippen LogP contribution in [0.15, 0.2) is 206 Å². The SMILES string of the molecule is [2H]c1c([2H])c([2H])c(-c2cccc3sc4c(-c5nc(-c6ccccc6)nc(-c6cccc7c8ccccc8c8ccccc8c67)n5)cc(-n5c6ccccc6c6ccccc65)cc4c23)c([2H])c1[2H]. The molecule has 0 unspecified atom stereocenters. The topological polar surface area (TPSA) is 43.6 Å². The van der Waals surface area contributed by atoms with Crippen molar-refractivity contribution >= 4 is 85.6 Å². The number of fused-ring (bicyclic) bond motifs is 12. The summed E-state index contributed by atoms with van der Waals surface area (Å²) in [5.74, 6) is 1.54. The Hall–Kier alpha value is -7.99. The van der Waals surface area contributed by atoms with E-state index in [0.717, 1.165) is 91.3 Å². The van der Waals surface area contributed by atoms with Crippen LogP contribution in [0.4, 0.5) is 0 Å². The molecule has 0 atom stereocenters. The molecule has 0 N–H and O–H groups in total. The third-order valence-electron chi connectivity index (χ3n) is 12.1. The minimum absolute atomic E-state index is 0.157. The fourth-order valence-electron chi connectivity index (χ4n) is 9.48. The van der Waals surface area contributed by atoms with E-state index in [2.05, 4.69) is 132 Å². The number of thiophene rings is 1. The van der Waals surface area contributed by atoms with Gasteiger partial charge in [-0.1, -0.05) is 176 Å². The van der Waals surface area contributed by atoms with E-state index in [9.17, 15) is 0 Å². The predicted molar refractivity (Wildman–Crippen MR) is 261 cm³/mol. The number of hydrogen-bond donors (Lipinski definition) is 0. The Balaban J connectivity index is 1.17. The molecule has 0 saturated heterocycles. The van der Waals surface area contributed by atoms with Gasteiger partial charge in [0.15, 0.2) is 17.5 Å². The molecule has 0 fully saturated rings. The van der Waals surface area contributed by atoms with E-state index in [0.29, 0.717) is 23.0 Å². The zero-order valence-electron chi connectivity index (χ0n) is 37.9. The first-order valence-corrected chi connectivity index (χ1v) is 21.4. The van der Waals surface area contributed by atoms with Crippen molar-refractivity contribution in [2.45, 2.75) is 0 Å². The minimum atomic E-state index is -0.427. The highest BCUT2D eigenvalue weighted by molar-refractivity contribution is 7.26. The number of rotatable bonds is 5. The molecule has 0 aliphatic rings. The van der Waals surface area contributed by atoms with Gasteiger partial charge in [0.1, 0.15) is 0 Å². The van der Waals surface area contributed by atoms with Crippen molar-refractivity contribution in [1.29, 1.82) is 0 Å². The summed E-state index contributed by atoms with van der Waals surface area (Å²) in [6, 6.07) is 58.6. The van der Waals surface area contributed by atoms with Gasteiger partial charge in [0.05, 0.1) is 17.9 Å². The van der Waals surface area contributed by atoms with Gasteiger partial charge in [0.25, 0.3) is 0 Å². The van der Waals surface area contributed by atoms with Crippen molar-refractivity contribution < 1.29 is 6.85 Å². The maximum atomic E-state index is 9.09. The second kappa shape index (κ2) is 13.8. The first-order valence-electron chi connectivity index (χ1n) is 23.0. The molecule has 3 heterocycles. The van der Waals surface area contributed by atoms with Crippen molar-refractivity contribution in [1.82, 2.24) is 19.5 Å². The van der Waals surface area contributed by atoms with Crippen LogP contribution in [0.3, 0.4) is 0 Å². The van der Waals surface area contributed by atoms with Gasteiger partial charge in [0.2, 0.25) is 0 Å². The molecule has 0 aliphatic heterocycles. The maximum Gasteiger partial charge on any atom is 0.165 e. The standard InChI is InChI=1S/C57H34N4S/c1-3-17-35(18-4-1)38-27-16-32-51-53(38)47-33-37(61-49-30-13-11-24-42(49)43-25-12-14-31-50(43)61)34-48(54(47)62-51)57-59-55(36-19-5-2-6-20-36)58-56(60-57)46-29-15-28-45-41-22-8-7-21-39(41)40-23-9-10-26-44(40)52(45)46/h1-34H/i1D,3D,4D,17D,18D. The van der Waals surface area contributed by atoms with E-state index in [1.807, 2.05) is 48.5 Å². The van der Waals surface area contributed by atoms with Crippen LogP contribution in [0.25, 0.3) is 125 Å². The fourth-order valence-corrected chi connectivity index (χ4v) is 10.7. The molecule has 13 aromatic rings. The second-order valence-corrected chi connectivity index (χ2v) is 16.6. The van der Waals surface area contributed by atoms with Gasteiger partial charge in [-0.25, -0.2) is 15.0 Å². The van der Waals surface area contributed by atoms with Gasteiger partial charge in [-0.15, -0.1) is 11.3 Å². The lowest BCUT2D eigenvalue weighted by Gasteiger charge is -2.15. The van der Waals surface area contributed by atoms with Crippen LogP contribution in [0.1, 0.15) is 6.85 Å². The molecular formula is C57H34N4S. The Kier molecular flexibility index (Phi) is 6.69. The third-order valence-corrected chi connectivity index (χ3v) is 13.3. The van der Waals surface area contributed by atoms with Crippen molar-refractivity contribution in [2.24, 2.45) is 0 Å². The molecule has 5 heteroatoms. The Labute approximate surface area is 367 Å². The summed E-state index contributed by atoms with van der Waals surface area (Å²) in [6.45, 7) is 0. The van der Waals surface area contributed by atoms with E-state index in [1.165, 1.54) is 5.39 Å². The monoisotopic (exact) mass is 811 g/mol. The smallest absolute Gasteiger partial charge is 0.165 e. The summed E-state index contributed by atoms with van der Waals surface area (Å²) in [7, 11) is 0. The zero-order valence-corrected chi connectivity index (χ0v) is 33.8. The van der Waals surface area contributed by atoms with E-state index in [-0.39, 0.29) is 29.7 Å². The maximum absolute atomic E-state index is 9.09. The third kappa shape index (κ3) is 5.29. The number of aromatic nitrogens is 4. The first kappa shape index (κ1) is 30.1. The summed E-state index contributed by atoms with van der Waals surface area (Å²) in [5, 5.41) is 10.6. The molecule has 288 valence electrons. The van der Waals surface area contributed by atoms with Crippen LogP contribution in [-0.2, 0) is 0 Å². The lowest BCUT2D eigenvalue weighted by Crippen LogP contribution is -2.02. The van der Waals surface area contributed by atoms with Crippen LogP contribution in [-0.4, -0.2) is 19.5 Å². The summed E-state index contributed by atoms with van der Waals surface area (Å²) in [5.41, 5.74) is 6.13. The van der Waals surface area contributed by atoms with E-state index >= 15 is 0 Å². The molecule has 0 saturated carbocycles. The van der Waals surface area contributed by atoms with E-state index in [4.69, 9.17) is 21.8 Å². The lowest BCUT2D eigenvalue weighted by molar-refractivity contribution is 1.08. The number of para-hydroxylation sites is 2. The molecular weight excluding hydrogens is 773 g/mol. The molecule has 0 radical (unpaired) electrons. The minimum Gasteiger partial charge on any atom is -0.309 e. The lowest BCUT2D eigenvalue weighted by atomic mass is 9.91. The normalized spacial score (nSPS) is 13.0. The molecule has 0 aliphatic carbocycles. The Bertz CT molecular complexity index is 4110. The molecule has 4 nitrogen and oxygen atoms in total. The van der Waals surface area contributed by atoms with Crippen molar-refractivity contribution in [3.05, 3.63) is 206 Å². The summed E-state index contributed by atoms with van der Waals surface area (Å²) < 4.78 is 47.9. The molecule has 62 heavy (non-hydrogen) atoms. The highest BCUT2D eigenvalue weighted by Gasteiger charge is 2.23. The van der Waals surface area contributed by atoms with Crippen LogP contribution in [0.5, 0.6) is 0 Å². The van der Waals surface area contributed by atoms with Gasteiger partial charge >= 0.3 is 0 Å². The highest BCUT2D eigenvalue weighted by atomic mass is 32.1. The molecule has 3 aromatic heterocycles. The summed E-state index contributed by atoms with van der Waals surface area (Å²) in [6.07, 6.45) is 0. The molecule has 13 rings (SSSR count). The number of hydrogen-bond acceptors (Lipinski definition) is 4. The zero-order chi connectivity index (χ0) is 45.1. The van der Waals surface area contributed by atoms with Crippen molar-refractivity contribution in [2.75, 3.05) is 0 Å². The van der Waals surface area contributed by atoms with Crippen molar-refractivity contribution in [3.8, 4) is 51.0 Å². The number of benzene rings is 10. The van der Waals surface area contributed by atoms with Crippen LogP contribution >= 0.6 is 11.3 Å². The fraction of sp³-hybridized carbons (Fsp3) is 0. The van der Waals surface area contributed by atoms with Gasteiger partial charge in [-0.3, -0.25) is 0 Å². The predicted octanol–water partition coefficient (Wildman–Crippen LogP) is 15.5. The van der Waals surface area contributed by atoms with Crippen LogP contribution in [0.2, 0.25) is 0 Å². The number of nitrogens with zero attached hydrogens (tertiary/aromatic N) is 4. The first-order chi connectivity index (χ1) is 32.8. The largest absolute Gasteiger partial charge is 0.309 e. The quantitative estimate of drug-likeness (QED) is 0.163. The second-order valence-electron chi connectivity index (χ2n) is 15.5. The average Bonchev–Trinajstić information content (AvgIpc) is 3.93. The van der Waals surface area contributed by atoms with Gasteiger partial charge < -0.3 is 4.57 Å². The highest BCUT2D eigenvalue weighted by Crippen LogP contribution is 2.47. The Morgan fingerprint density at radius 1 is 0.387 bits per heavy atom. The Morgan fingerprint density at radius 2 is 0.919 bits per heavy atom. The van der Waals surface area contributed by atoms with E-state index in [1.54, 1.807) is 11.3 Å². The molecule has 0 amide bonds. The van der Waals surface area contributed by atoms with Crippen LogP contribution in [0, 0.1) is 0 Å². The summed E-state index contributed by atoms with van der Waals surface area (Å²) >= 11 is 1.57. The van der Waals surface area contributed by atoms with Gasteiger partial charge in [-0.2, -0.15) is 0 Å².